The van der Waals surface area contributed by atoms with Crippen molar-refractivity contribution in [2.45, 2.75) is 19.9 Å². The molecule has 0 bridgehead atoms. The molecule has 0 aromatic heterocycles. The van der Waals surface area contributed by atoms with E-state index in [1.165, 1.54) is 0 Å². The van der Waals surface area contributed by atoms with Crippen molar-refractivity contribution in [3.05, 3.63) is 28.2 Å². The Balaban J connectivity index is 2.98. The van der Waals surface area contributed by atoms with Crippen molar-refractivity contribution >= 4 is 33.5 Å². The van der Waals surface area contributed by atoms with Gasteiger partial charge in [0.2, 0.25) is 0 Å². The molecular formula is C11H15BrN4O2. The third-order valence-corrected chi connectivity index (χ3v) is 2.53. The van der Waals surface area contributed by atoms with Gasteiger partial charge in [-0.05, 0) is 32.0 Å². The van der Waals surface area contributed by atoms with Crippen LogP contribution in [0.1, 0.15) is 19.4 Å². The Morgan fingerprint density at radius 2 is 2.17 bits per heavy atom. The fraction of sp³-hybridized carbons (Fsp3) is 0.273. The van der Waals surface area contributed by atoms with E-state index < -0.39 is 0 Å². The molecule has 1 aromatic carbocycles. The molecule has 7 heteroatoms. The number of amides is 2. The highest BCUT2D eigenvalue weighted by molar-refractivity contribution is 9.10. The monoisotopic (exact) mass is 314 g/mol. The number of oxime groups is 1. The number of nitrogens with one attached hydrogen (secondary N) is 2. The van der Waals surface area contributed by atoms with Crippen LogP contribution in [0.5, 0.6) is 0 Å². The zero-order chi connectivity index (χ0) is 13.7. The zero-order valence-electron chi connectivity index (χ0n) is 10.1. The molecule has 0 aliphatic rings. The lowest BCUT2D eigenvalue weighted by Gasteiger charge is -2.13. The van der Waals surface area contributed by atoms with E-state index in [1.807, 2.05) is 13.8 Å². The van der Waals surface area contributed by atoms with Gasteiger partial charge in [-0.15, -0.1) is 0 Å². The summed E-state index contributed by atoms with van der Waals surface area (Å²) >= 11 is 3.28. The third-order valence-electron chi connectivity index (χ3n) is 2.03. The number of nitrogens with zero attached hydrogens (tertiary/aromatic N) is 1. The predicted molar refractivity (Wildman–Crippen MR) is 73.9 cm³/mol. The van der Waals surface area contributed by atoms with Gasteiger partial charge in [-0.3, -0.25) is 0 Å². The number of carbonyl (C=O) groups excluding carboxylic acids is 1. The quantitative estimate of drug-likeness (QED) is 0.297. The molecule has 0 aliphatic carbocycles. The summed E-state index contributed by atoms with van der Waals surface area (Å²) in [6.45, 7) is 3.71. The van der Waals surface area contributed by atoms with Crippen molar-refractivity contribution in [3.8, 4) is 0 Å². The van der Waals surface area contributed by atoms with Gasteiger partial charge < -0.3 is 21.6 Å². The first-order valence-corrected chi connectivity index (χ1v) is 6.08. The van der Waals surface area contributed by atoms with Gasteiger partial charge in [0.25, 0.3) is 0 Å². The summed E-state index contributed by atoms with van der Waals surface area (Å²) in [4.78, 5) is 11.6. The first-order chi connectivity index (χ1) is 8.43. The molecule has 0 saturated heterocycles. The molecule has 18 heavy (non-hydrogen) atoms. The van der Waals surface area contributed by atoms with Crippen molar-refractivity contribution in [2.75, 3.05) is 5.32 Å². The predicted octanol–water partition coefficient (Wildman–Crippen LogP) is 2.07. The maximum Gasteiger partial charge on any atom is 0.319 e. The van der Waals surface area contributed by atoms with Crippen LogP contribution in [0.2, 0.25) is 0 Å². The molecule has 2 amide bonds. The van der Waals surface area contributed by atoms with Crippen LogP contribution in [0, 0.1) is 0 Å². The van der Waals surface area contributed by atoms with Gasteiger partial charge in [-0.25, -0.2) is 4.79 Å². The highest BCUT2D eigenvalue weighted by atomic mass is 79.9. The number of halogens is 1. The van der Waals surface area contributed by atoms with Crippen molar-refractivity contribution in [1.82, 2.24) is 5.32 Å². The third kappa shape index (κ3) is 3.92. The number of carbonyl (C=O) groups is 1. The lowest BCUT2D eigenvalue weighted by Crippen LogP contribution is -2.34. The molecule has 0 saturated carbocycles. The summed E-state index contributed by atoms with van der Waals surface area (Å²) in [6, 6.07) is 4.74. The van der Waals surface area contributed by atoms with E-state index in [0.29, 0.717) is 11.3 Å². The van der Waals surface area contributed by atoms with Crippen molar-refractivity contribution < 1.29 is 10.0 Å². The summed E-state index contributed by atoms with van der Waals surface area (Å²) in [6.07, 6.45) is 0. The topological polar surface area (TPSA) is 99.7 Å². The van der Waals surface area contributed by atoms with E-state index >= 15 is 0 Å². The summed E-state index contributed by atoms with van der Waals surface area (Å²) in [7, 11) is 0. The van der Waals surface area contributed by atoms with Gasteiger partial charge in [0, 0.05) is 16.1 Å². The van der Waals surface area contributed by atoms with Gasteiger partial charge in [0.1, 0.15) is 0 Å². The van der Waals surface area contributed by atoms with Gasteiger partial charge >= 0.3 is 6.03 Å². The summed E-state index contributed by atoms with van der Waals surface area (Å²) in [5.41, 5.74) is 6.45. The summed E-state index contributed by atoms with van der Waals surface area (Å²) in [5, 5.41) is 17.0. The fourth-order valence-corrected chi connectivity index (χ4v) is 1.67. The van der Waals surface area contributed by atoms with Crippen molar-refractivity contribution in [1.29, 1.82) is 0 Å². The normalized spacial score (nSPS) is 11.4. The van der Waals surface area contributed by atoms with E-state index in [4.69, 9.17) is 10.9 Å². The van der Waals surface area contributed by atoms with Crippen LogP contribution in [0.4, 0.5) is 10.5 Å². The molecule has 6 nitrogen and oxygen atoms in total. The largest absolute Gasteiger partial charge is 0.409 e. The first-order valence-electron chi connectivity index (χ1n) is 5.29. The van der Waals surface area contributed by atoms with Crippen molar-refractivity contribution in [3.63, 3.8) is 0 Å². The zero-order valence-corrected chi connectivity index (χ0v) is 11.7. The number of benzene rings is 1. The second-order valence-corrected chi connectivity index (χ2v) is 4.84. The molecule has 98 valence electrons. The fourth-order valence-electron chi connectivity index (χ4n) is 1.31. The first kappa shape index (κ1) is 14.3. The van der Waals surface area contributed by atoms with E-state index in [0.717, 1.165) is 4.47 Å². The van der Waals surface area contributed by atoms with Crippen molar-refractivity contribution in [2.24, 2.45) is 10.9 Å². The summed E-state index contributed by atoms with van der Waals surface area (Å²) in [5.74, 6) is -0.0730. The number of rotatable bonds is 3. The molecule has 0 unspecified atom stereocenters. The van der Waals surface area contributed by atoms with Crippen LogP contribution in [-0.2, 0) is 0 Å². The van der Waals surface area contributed by atoms with Gasteiger partial charge in [0.15, 0.2) is 5.84 Å². The number of nitrogens with two attached hydrogens (primary N) is 1. The van der Waals surface area contributed by atoms with Gasteiger partial charge in [-0.2, -0.15) is 0 Å². The lowest BCUT2D eigenvalue weighted by atomic mass is 10.1. The van der Waals surface area contributed by atoms with Crippen LogP contribution in [0.3, 0.4) is 0 Å². The number of hydrogen-bond acceptors (Lipinski definition) is 3. The highest BCUT2D eigenvalue weighted by Gasteiger charge is 2.11. The second-order valence-electron chi connectivity index (χ2n) is 3.93. The number of urea groups is 1. The molecule has 0 spiro atoms. The average molecular weight is 315 g/mol. The minimum absolute atomic E-state index is 0.0211. The molecule has 0 radical (unpaired) electrons. The Kier molecular flexibility index (Phi) is 4.96. The van der Waals surface area contributed by atoms with E-state index in [9.17, 15) is 4.79 Å². The minimum Gasteiger partial charge on any atom is -0.409 e. The van der Waals surface area contributed by atoms with Gasteiger partial charge in [-0.1, -0.05) is 21.1 Å². The van der Waals surface area contributed by atoms with E-state index in [2.05, 4.69) is 31.7 Å². The number of amidine groups is 1. The smallest absolute Gasteiger partial charge is 0.319 e. The molecule has 0 aliphatic heterocycles. The van der Waals surface area contributed by atoms with Crippen LogP contribution < -0.4 is 16.4 Å². The molecule has 0 heterocycles. The Bertz CT molecular complexity index is 474. The Hall–Kier alpha value is -1.76. The summed E-state index contributed by atoms with van der Waals surface area (Å²) < 4.78 is 0.763. The van der Waals surface area contributed by atoms with E-state index in [1.54, 1.807) is 18.2 Å². The van der Waals surface area contributed by atoms with Crippen LogP contribution in [0.25, 0.3) is 0 Å². The lowest BCUT2D eigenvalue weighted by molar-refractivity contribution is 0.250. The van der Waals surface area contributed by atoms with E-state index in [-0.39, 0.29) is 17.9 Å². The molecule has 1 rings (SSSR count). The second kappa shape index (κ2) is 6.25. The van der Waals surface area contributed by atoms with Crippen LogP contribution >= 0.6 is 15.9 Å². The number of hydrogen-bond donors (Lipinski definition) is 4. The van der Waals surface area contributed by atoms with Crippen LogP contribution in [0.15, 0.2) is 27.8 Å². The maximum atomic E-state index is 11.6. The maximum absolute atomic E-state index is 11.6. The molecular weight excluding hydrogens is 300 g/mol. The molecule has 0 atom stereocenters. The standard InChI is InChI=1S/C11H15BrN4O2/c1-6(2)14-11(17)15-9-4-3-7(12)5-8(9)10(13)16-18/h3-6,18H,1-2H3,(H2,13,16)(H2,14,15,17). The SMILES string of the molecule is CC(C)NC(=O)Nc1ccc(Br)cc1/C(N)=N/O. The Morgan fingerprint density at radius 3 is 2.72 bits per heavy atom. The van der Waals surface area contributed by atoms with Crippen LogP contribution in [-0.4, -0.2) is 23.1 Å². The molecule has 1 aromatic rings. The minimum atomic E-state index is -0.348. The Labute approximate surface area is 113 Å². The Morgan fingerprint density at radius 1 is 1.50 bits per heavy atom. The van der Waals surface area contributed by atoms with Gasteiger partial charge in [0.05, 0.1) is 5.69 Å². The molecule has 5 N–H and O–H groups in total. The molecule has 0 fully saturated rings. The number of anilines is 1. The highest BCUT2D eigenvalue weighted by Crippen LogP contribution is 2.20. The average Bonchev–Trinajstić information content (AvgIpc) is 2.29.